The molecule has 1 amide bonds. The van der Waals surface area contributed by atoms with E-state index in [0.717, 1.165) is 17.7 Å². The van der Waals surface area contributed by atoms with Crippen LogP contribution in [0.5, 0.6) is 0 Å². The van der Waals surface area contributed by atoms with E-state index in [0.29, 0.717) is 0 Å². The predicted octanol–water partition coefficient (Wildman–Crippen LogP) is 4.18. The highest BCUT2D eigenvalue weighted by molar-refractivity contribution is 5.99. The standard InChI is InChI=1S/C18H19NO/c1-14(2)12-18(20)19-17-10-8-16(9-11-17)13-15-6-4-3-5-7-15/h3-12H,13H2,1-2H3,(H,19,20). The number of hydrogen-bond acceptors (Lipinski definition) is 1. The van der Waals surface area contributed by atoms with Crippen LogP contribution in [-0.2, 0) is 11.2 Å². The van der Waals surface area contributed by atoms with E-state index in [1.165, 1.54) is 11.1 Å². The van der Waals surface area contributed by atoms with Gasteiger partial charge in [-0.25, -0.2) is 0 Å². The summed E-state index contributed by atoms with van der Waals surface area (Å²) in [6, 6.07) is 18.3. The van der Waals surface area contributed by atoms with Gasteiger partial charge in [0.1, 0.15) is 0 Å². The molecule has 20 heavy (non-hydrogen) atoms. The first kappa shape index (κ1) is 14.1. The first-order valence-corrected chi connectivity index (χ1v) is 6.72. The maximum atomic E-state index is 11.6. The van der Waals surface area contributed by atoms with Gasteiger partial charge in [-0.3, -0.25) is 4.79 Å². The topological polar surface area (TPSA) is 29.1 Å². The Morgan fingerprint density at radius 2 is 1.55 bits per heavy atom. The molecule has 0 aliphatic rings. The number of amides is 1. The van der Waals surface area contributed by atoms with Gasteiger partial charge in [0.05, 0.1) is 0 Å². The van der Waals surface area contributed by atoms with Gasteiger partial charge < -0.3 is 5.32 Å². The predicted molar refractivity (Wildman–Crippen MR) is 83.8 cm³/mol. The van der Waals surface area contributed by atoms with Gasteiger partial charge >= 0.3 is 0 Å². The van der Waals surface area contributed by atoms with E-state index in [2.05, 4.69) is 17.4 Å². The lowest BCUT2D eigenvalue weighted by Crippen LogP contribution is -2.08. The van der Waals surface area contributed by atoms with Crippen LogP contribution in [0.1, 0.15) is 25.0 Å². The van der Waals surface area contributed by atoms with Gasteiger partial charge in [-0.2, -0.15) is 0 Å². The molecular weight excluding hydrogens is 246 g/mol. The number of anilines is 1. The largest absolute Gasteiger partial charge is 0.323 e. The van der Waals surface area contributed by atoms with E-state index in [9.17, 15) is 4.79 Å². The minimum Gasteiger partial charge on any atom is -0.323 e. The van der Waals surface area contributed by atoms with Gasteiger partial charge in [-0.1, -0.05) is 48.0 Å². The number of carbonyl (C=O) groups is 1. The van der Waals surface area contributed by atoms with Crippen molar-refractivity contribution >= 4 is 11.6 Å². The number of nitrogens with one attached hydrogen (secondary N) is 1. The summed E-state index contributed by atoms with van der Waals surface area (Å²) in [6.45, 7) is 3.81. The normalized spacial score (nSPS) is 9.90. The van der Waals surface area contributed by atoms with Gasteiger partial charge in [0, 0.05) is 11.8 Å². The van der Waals surface area contributed by atoms with Crippen LogP contribution in [0.4, 0.5) is 5.69 Å². The Morgan fingerprint density at radius 1 is 0.950 bits per heavy atom. The zero-order chi connectivity index (χ0) is 14.4. The molecule has 2 nitrogen and oxygen atoms in total. The van der Waals surface area contributed by atoms with E-state index in [1.54, 1.807) is 6.08 Å². The Hall–Kier alpha value is -2.35. The van der Waals surface area contributed by atoms with Gasteiger partial charge in [-0.05, 0) is 43.5 Å². The summed E-state index contributed by atoms with van der Waals surface area (Å²) in [5, 5.41) is 2.85. The molecule has 0 heterocycles. The maximum absolute atomic E-state index is 11.6. The van der Waals surface area contributed by atoms with E-state index in [1.807, 2.05) is 56.3 Å². The van der Waals surface area contributed by atoms with E-state index in [-0.39, 0.29) is 5.91 Å². The second-order valence-electron chi connectivity index (χ2n) is 5.07. The van der Waals surface area contributed by atoms with Crippen molar-refractivity contribution in [2.45, 2.75) is 20.3 Å². The zero-order valence-corrected chi connectivity index (χ0v) is 11.9. The summed E-state index contributed by atoms with van der Waals surface area (Å²) >= 11 is 0. The lowest BCUT2D eigenvalue weighted by molar-refractivity contribution is -0.111. The van der Waals surface area contributed by atoms with Crippen LogP contribution in [0, 0.1) is 0 Å². The molecule has 2 rings (SSSR count). The Kier molecular flexibility index (Phi) is 4.72. The smallest absolute Gasteiger partial charge is 0.248 e. The molecule has 2 aromatic carbocycles. The van der Waals surface area contributed by atoms with Crippen LogP contribution in [-0.4, -0.2) is 5.91 Å². The van der Waals surface area contributed by atoms with Gasteiger partial charge in [0.15, 0.2) is 0 Å². The second-order valence-corrected chi connectivity index (χ2v) is 5.07. The summed E-state index contributed by atoms with van der Waals surface area (Å²) in [7, 11) is 0. The van der Waals surface area contributed by atoms with E-state index < -0.39 is 0 Å². The summed E-state index contributed by atoms with van der Waals surface area (Å²) in [5.41, 5.74) is 4.33. The van der Waals surface area contributed by atoms with Crippen molar-refractivity contribution in [1.82, 2.24) is 0 Å². The minimum absolute atomic E-state index is 0.0826. The fraction of sp³-hybridized carbons (Fsp3) is 0.167. The third kappa shape index (κ3) is 4.39. The highest BCUT2D eigenvalue weighted by Gasteiger charge is 2.00. The Bertz CT molecular complexity index is 593. The molecule has 0 fully saturated rings. The fourth-order valence-corrected chi connectivity index (χ4v) is 1.98. The quantitative estimate of drug-likeness (QED) is 0.825. The summed E-state index contributed by atoms with van der Waals surface area (Å²) < 4.78 is 0. The molecule has 0 saturated carbocycles. The molecule has 102 valence electrons. The van der Waals surface area contributed by atoms with Crippen molar-refractivity contribution < 1.29 is 4.79 Å². The monoisotopic (exact) mass is 265 g/mol. The summed E-state index contributed by atoms with van der Waals surface area (Å²) in [4.78, 5) is 11.6. The lowest BCUT2D eigenvalue weighted by atomic mass is 10.0. The number of allylic oxidation sites excluding steroid dienone is 1. The molecule has 0 radical (unpaired) electrons. The molecule has 0 spiro atoms. The van der Waals surface area contributed by atoms with E-state index >= 15 is 0 Å². The van der Waals surface area contributed by atoms with Crippen molar-refractivity contribution in [1.29, 1.82) is 0 Å². The van der Waals surface area contributed by atoms with Crippen LogP contribution >= 0.6 is 0 Å². The Morgan fingerprint density at radius 3 is 2.15 bits per heavy atom. The Balaban J connectivity index is 2.00. The third-order valence-electron chi connectivity index (χ3n) is 2.89. The van der Waals surface area contributed by atoms with Crippen LogP contribution in [0.3, 0.4) is 0 Å². The number of carbonyl (C=O) groups excluding carboxylic acids is 1. The number of benzene rings is 2. The molecule has 0 unspecified atom stereocenters. The molecule has 0 bridgehead atoms. The second kappa shape index (κ2) is 6.71. The summed E-state index contributed by atoms with van der Waals surface area (Å²) in [5.74, 6) is -0.0826. The fourth-order valence-electron chi connectivity index (χ4n) is 1.98. The first-order chi connectivity index (χ1) is 9.63. The van der Waals surface area contributed by atoms with Crippen molar-refractivity contribution in [2.75, 3.05) is 5.32 Å². The molecule has 0 aliphatic heterocycles. The van der Waals surface area contributed by atoms with Gasteiger partial charge in [0.2, 0.25) is 5.91 Å². The average Bonchev–Trinajstić information content (AvgIpc) is 2.41. The molecule has 0 saturated heterocycles. The van der Waals surface area contributed by atoms with Crippen molar-refractivity contribution in [3.63, 3.8) is 0 Å². The minimum atomic E-state index is -0.0826. The molecule has 0 aliphatic carbocycles. The molecular formula is C18H19NO. The third-order valence-corrected chi connectivity index (χ3v) is 2.89. The maximum Gasteiger partial charge on any atom is 0.248 e. The van der Waals surface area contributed by atoms with Crippen molar-refractivity contribution in [3.8, 4) is 0 Å². The van der Waals surface area contributed by atoms with E-state index in [4.69, 9.17) is 0 Å². The first-order valence-electron chi connectivity index (χ1n) is 6.72. The molecule has 0 atom stereocenters. The highest BCUT2D eigenvalue weighted by Crippen LogP contribution is 2.13. The SMILES string of the molecule is CC(C)=CC(=O)Nc1ccc(Cc2ccccc2)cc1. The molecule has 1 N–H and O–H groups in total. The van der Waals surface area contributed by atoms with Crippen molar-refractivity contribution in [2.24, 2.45) is 0 Å². The molecule has 2 aromatic rings. The highest BCUT2D eigenvalue weighted by atomic mass is 16.1. The zero-order valence-electron chi connectivity index (χ0n) is 11.9. The van der Waals surface area contributed by atoms with Crippen LogP contribution in [0.25, 0.3) is 0 Å². The lowest BCUT2D eigenvalue weighted by Gasteiger charge is -2.05. The van der Waals surface area contributed by atoms with Gasteiger partial charge in [0.25, 0.3) is 0 Å². The van der Waals surface area contributed by atoms with Crippen LogP contribution < -0.4 is 5.32 Å². The number of hydrogen-bond donors (Lipinski definition) is 1. The number of rotatable bonds is 4. The molecule has 2 heteroatoms. The van der Waals surface area contributed by atoms with Crippen LogP contribution in [0.15, 0.2) is 66.2 Å². The Labute approximate surface area is 120 Å². The average molecular weight is 265 g/mol. The van der Waals surface area contributed by atoms with Crippen molar-refractivity contribution in [3.05, 3.63) is 77.4 Å². The van der Waals surface area contributed by atoms with Crippen LogP contribution in [0.2, 0.25) is 0 Å². The van der Waals surface area contributed by atoms with Gasteiger partial charge in [-0.15, -0.1) is 0 Å². The molecule has 0 aromatic heterocycles. The summed E-state index contributed by atoms with van der Waals surface area (Å²) in [6.07, 6.45) is 2.50.